The highest BCUT2D eigenvalue weighted by Crippen LogP contribution is 2.28. The number of aromatic nitrogens is 1. The number of nitrogens with two attached hydrogens (primary N) is 1. The summed E-state index contributed by atoms with van der Waals surface area (Å²) in [5.41, 5.74) is 8.14. The molecule has 1 unspecified atom stereocenters. The highest BCUT2D eigenvalue weighted by Gasteiger charge is 2.11. The first-order chi connectivity index (χ1) is 8.60. The molecule has 1 heterocycles. The van der Waals surface area contributed by atoms with Crippen molar-refractivity contribution in [2.45, 2.75) is 32.7 Å². The summed E-state index contributed by atoms with van der Waals surface area (Å²) in [6.07, 6.45) is 1.84. The van der Waals surface area contributed by atoms with Crippen LogP contribution in [0.1, 0.15) is 23.2 Å². The van der Waals surface area contributed by atoms with Gasteiger partial charge in [0.15, 0.2) is 0 Å². The Morgan fingerprint density at radius 2 is 2.00 bits per heavy atom. The van der Waals surface area contributed by atoms with Crippen LogP contribution in [0.4, 0.5) is 0 Å². The average Bonchev–Trinajstić information content (AvgIpc) is 2.71. The number of hydrogen-bond acceptors (Lipinski definition) is 3. The first-order valence-electron chi connectivity index (χ1n) is 6.08. The Morgan fingerprint density at radius 1 is 1.33 bits per heavy atom. The van der Waals surface area contributed by atoms with Crippen LogP contribution in [0.3, 0.4) is 0 Å². The van der Waals surface area contributed by atoms with Gasteiger partial charge in [-0.3, -0.25) is 0 Å². The van der Waals surface area contributed by atoms with Crippen molar-refractivity contribution < 1.29 is 0 Å². The second kappa shape index (κ2) is 5.83. The minimum absolute atomic E-state index is 0.202. The van der Waals surface area contributed by atoms with Crippen LogP contribution in [0.15, 0.2) is 24.3 Å². The van der Waals surface area contributed by atoms with Crippen LogP contribution in [0.5, 0.6) is 0 Å². The predicted molar refractivity (Wildman–Crippen MR) is 79.3 cm³/mol. The number of halogens is 1. The van der Waals surface area contributed by atoms with Crippen LogP contribution in [0.25, 0.3) is 11.3 Å². The van der Waals surface area contributed by atoms with E-state index < -0.39 is 0 Å². The van der Waals surface area contributed by atoms with Gasteiger partial charge in [0.2, 0.25) is 0 Å². The SMILES string of the molecule is CCC(N)Cc1nc(-c2ccc(Cl)cc2)c(C)s1. The molecular formula is C14H17ClN2S. The van der Waals surface area contributed by atoms with Crippen molar-refractivity contribution in [2.75, 3.05) is 0 Å². The summed E-state index contributed by atoms with van der Waals surface area (Å²) in [4.78, 5) is 5.93. The quantitative estimate of drug-likeness (QED) is 0.917. The molecule has 1 aromatic carbocycles. The summed E-state index contributed by atoms with van der Waals surface area (Å²) < 4.78 is 0. The Kier molecular flexibility index (Phi) is 4.38. The molecule has 0 aliphatic rings. The Morgan fingerprint density at radius 3 is 2.61 bits per heavy atom. The summed E-state index contributed by atoms with van der Waals surface area (Å²) in [6, 6.07) is 8.01. The molecule has 0 saturated carbocycles. The molecule has 96 valence electrons. The van der Waals surface area contributed by atoms with Crippen LogP contribution < -0.4 is 5.73 Å². The second-order valence-corrected chi connectivity index (χ2v) is 6.12. The van der Waals surface area contributed by atoms with Crippen molar-refractivity contribution >= 4 is 22.9 Å². The first kappa shape index (κ1) is 13.5. The second-order valence-electron chi connectivity index (χ2n) is 4.39. The number of benzene rings is 1. The molecule has 0 radical (unpaired) electrons. The number of nitrogens with zero attached hydrogens (tertiary/aromatic N) is 1. The minimum atomic E-state index is 0.202. The number of thiazole rings is 1. The maximum atomic E-state index is 5.97. The molecule has 0 aliphatic heterocycles. The van der Waals surface area contributed by atoms with E-state index in [0.717, 1.165) is 34.1 Å². The molecule has 2 N–H and O–H groups in total. The lowest BCUT2D eigenvalue weighted by Gasteiger charge is -2.04. The third-order valence-electron chi connectivity index (χ3n) is 2.92. The van der Waals surface area contributed by atoms with Crippen molar-refractivity contribution in [3.63, 3.8) is 0 Å². The molecule has 0 aliphatic carbocycles. The Labute approximate surface area is 117 Å². The van der Waals surface area contributed by atoms with E-state index in [4.69, 9.17) is 22.3 Å². The van der Waals surface area contributed by atoms with Crippen LogP contribution in [-0.2, 0) is 6.42 Å². The highest BCUT2D eigenvalue weighted by molar-refractivity contribution is 7.12. The van der Waals surface area contributed by atoms with Gasteiger partial charge in [-0.15, -0.1) is 11.3 Å². The lowest BCUT2D eigenvalue weighted by atomic mass is 10.1. The van der Waals surface area contributed by atoms with E-state index in [1.54, 1.807) is 11.3 Å². The molecule has 0 spiro atoms. The van der Waals surface area contributed by atoms with Gasteiger partial charge in [-0.2, -0.15) is 0 Å². The molecule has 1 atom stereocenters. The van der Waals surface area contributed by atoms with Crippen LogP contribution in [0, 0.1) is 6.92 Å². The van der Waals surface area contributed by atoms with E-state index in [1.807, 2.05) is 24.3 Å². The van der Waals surface area contributed by atoms with Gasteiger partial charge < -0.3 is 5.73 Å². The summed E-state index contributed by atoms with van der Waals surface area (Å²) in [5.74, 6) is 0. The van der Waals surface area contributed by atoms with E-state index in [2.05, 4.69) is 13.8 Å². The summed E-state index contributed by atoms with van der Waals surface area (Å²) in [5, 5.41) is 1.87. The molecular weight excluding hydrogens is 264 g/mol. The van der Waals surface area contributed by atoms with Crippen molar-refractivity contribution in [2.24, 2.45) is 5.73 Å². The normalized spacial score (nSPS) is 12.7. The third-order valence-corrected chi connectivity index (χ3v) is 4.16. The maximum Gasteiger partial charge on any atom is 0.0950 e. The van der Waals surface area contributed by atoms with E-state index in [-0.39, 0.29) is 6.04 Å². The molecule has 0 bridgehead atoms. The van der Waals surface area contributed by atoms with Crippen LogP contribution in [0.2, 0.25) is 5.02 Å². The fourth-order valence-electron chi connectivity index (χ4n) is 1.78. The summed E-state index contributed by atoms with van der Waals surface area (Å²) in [7, 11) is 0. The van der Waals surface area contributed by atoms with Gasteiger partial charge >= 0.3 is 0 Å². The van der Waals surface area contributed by atoms with Gasteiger partial charge in [0.05, 0.1) is 10.7 Å². The van der Waals surface area contributed by atoms with Crippen LogP contribution in [-0.4, -0.2) is 11.0 Å². The van der Waals surface area contributed by atoms with E-state index in [1.165, 1.54) is 4.88 Å². The fraction of sp³-hybridized carbons (Fsp3) is 0.357. The Hall–Kier alpha value is -0.900. The number of rotatable bonds is 4. The smallest absolute Gasteiger partial charge is 0.0950 e. The number of hydrogen-bond donors (Lipinski definition) is 1. The minimum Gasteiger partial charge on any atom is -0.327 e. The van der Waals surface area contributed by atoms with Gasteiger partial charge in [-0.1, -0.05) is 30.7 Å². The van der Waals surface area contributed by atoms with Gasteiger partial charge in [-0.25, -0.2) is 4.98 Å². The molecule has 0 fully saturated rings. The molecule has 2 nitrogen and oxygen atoms in total. The molecule has 2 aromatic rings. The van der Waals surface area contributed by atoms with E-state index in [9.17, 15) is 0 Å². The van der Waals surface area contributed by atoms with Crippen molar-refractivity contribution in [3.05, 3.63) is 39.2 Å². The van der Waals surface area contributed by atoms with Gasteiger partial charge in [-0.05, 0) is 25.5 Å². The predicted octanol–water partition coefficient (Wildman–Crippen LogP) is 4.05. The third kappa shape index (κ3) is 3.10. The molecule has 18 heavy (non-hydrogen) atoms. The summed E-state index contributed by atoms with van der Waals surface area (Å²) >= 11 is 7.63. The summed E-state index contributed by atoms with van der Waals surface area (Å²) in [6.45, 7) is 4.20. The monoisotopic (exact) mass is 280 g/mol. The lowest BCUT2D eigenvalue weighted by Crippen LogP contribution is -2.21. The number of aryl methyl sites for hydroxylation is 1. The standard InChI is InChI=1S/C14H17ClN2S/c1-3-12(16)8-13-17-14(9(2)18-13)10-4-6-11(15)7-5-10/h4-7,12H,3,8,16H2,1-2H3. The first-order valence-corrected chi connectivity index (χ1v) is 7.27. The van der Waals surface area contributed by atoms with Crippen molar-refractivity contribution in [1.29, 1.82) is 0 Å². The molecule has 4 heteroatoms. The lowest BCUT2D eigenvalue weighted by molar-refractivity contribution is 0.644. The van der Waals surface area contributed by atoms with Gasteiger partial charge in [0, 0.05) is 27.9 Å². The maximum absolute atomic E-state index is 5.97. The van der Waals surface area contributed by atoms with Crippen molar-refractivity contribution in [3.8, 4) is 11.3 Å². The topological polar surface area (TPSA) is 38.9 Å². The van der Waals surface area contributed by atoms with Gasteiger partial charge in [0.1, 0.15) is 0 Å². The molecule has 2 rings (SSSR count). The average molecular weight is 281 g/mol. The van der Waals surface area contributed by atoms with E-state index in [0.29, 0.717) is 0 Å². The molecule has 1 aromatic heterocycles. The van der Waals surface area contributed by atoms with Crippen molar-refractivity contribution in [1.82, 2.24) is 4.98 Å². The van der Waals surface area contributed by atoms with E-state index >= 15 is 0 Å². The zero-order valence-electron chi connectivity index (χ0n) is 10.6. The molecule has 0 saturated heterocycles. The van der Waals surface area contributed by atoms with Gasteiger partial charge in [0.25, 0.3) is 0 Å². The fourth-order valence-corrected chi connectivity index (χ4v) is 2.96. The molecule has 0 amide bonds. The zero-order chi connectivity index (χ0) is 13.1. The van der Waals surface area contributed by atoms with Crippen LogP contribution >= 0.6 is 22.9 Å². The highest BCUT2D eigenvalue weighted by atomic mass is 35.5. The Balaban J connectivity index is 2.26. The Bertz CT molecular complexity index is 519. The zero-order valence-corrected chi connectivity index (χ0v) is 12.2. The largest absolute Gasteiger partial charge is 0.327 e.